The summed E-state index contributed by atoms with van der Waals surface area (Å²) < 4.78 is 34.0. The first kappa shape index (κ1) is 12.2. The fourth-order valence-corrected chi connectivity index (χ4v) is 2.13. The summed E-state index contributed by atoms with van der Waals surface area (Å²) in [5.74, 6) is 0.270. The molecule has 0 fully saturated rings. The van der Waals surface area contributed by atoms with Crippen molar-refractivity contribution < 1.29 is 17.5 Å². The third-order valence-corrected chi connectivity index (χ3v) is 2.90. The zero-order chi connectivity index (χ0) is 11.5. The lowest BCUT2D eigenvalue weighted by atomic mass is 10.3. The summed E-state index contributed by atoms with van der Waals surface area (Å²) in [7, 11) is -2.19. The summed E-state index contributed by atoms with van der Waals surface area (Å²) in [6.07, 6.45) is 5.66. The Morgan fingerprint density at radius 1 is 1.53 bits per heavy atom. The van der Waals surface area contributed by atoms with E-state index in [0.29, 0.717) is 5.82 Å². The van der Waals surface area contributed by atoms with E-state index in [-0.39, 0.29) is 5.75 Å². The standard InChI is InChI=1S/C9H16N2O3S/c1-3-4-5-11-7-6-10(2)9(11)8-15(12,13)14/h6-7H,3-5,8H2,1-2H3/p+1. The summed E-state index contributed by atoms with van der Waals surface area (Å²) >= 11 is 0. The first-order chi connectivity index (χ1) is 6.94. The molecule has 0 aliphatic carbocycles. The molecule has 1 aromatic heterocycles. The van der Waals surface area contributed by atoms with Gasteiger partial charge in [0.25, 0.3) is 15.9 Å². The van der Waals surface area contributed by atoms with Crippen LogP contribution in [-0.2, 0) is 29.5 Å². The summed E-state index contributed by atoms with van der Waals surface area (Å²) in [4.78, 5) is 0. The van der Waals surface area contributed by atoms with Crippen LogP contribution in [0.4, 0.5) is 0 Å². The second-order valence-electron chi connectivity index (χ2n) is 3.60. The van der Waals surface area contributed by atoms with E-state index in [1.807, 2.05) is 10.8 Å². The molecule has 0 bridgehead atoms. The predicted octanol–water partition coefficient (Wildman–Crippen LogP) is 0.501. The van der Waals surface area contributed by atoms with E-state index in [4.69, 9.17) is 4.55 Å². The molecule has 86 valence electrons. The lowest BCUT2D eigenvalue weighted by Gasteiger charge is -2.00. The molecule has 6 heteroatoms. The van der Waals surface area contributed by atoms with Gasteiger partial charge in [0.15, 0.2) is 5.75 Å². The molecule has 0 saturated carbocycles. The fourth-order valence-electron chi connectivity index (χ4n) is 1.44. The molecule has 0 atom stereocenters. The zero-order valence-corrected chi connectivity index (χ0v) is 9.87. The van der Waals surface area contributed by atoms with Gasteiger partial charge < -0.3 is 0 Å². The number of hydrogen-bond donors (Lipinski definition) is 1. The lowest BCUT2D eigenvalue weighted by molar-refractivity contribution is -0.677. The second-order valence-corrected chi connectivity index (χ2v) is 5.05. The van der Waals surface area contributed by atoms with Crippen LogP contribution < -0.4 is 4.57 Å². The number of aromatic nitrogens is 2. The number of unbranched alkanes of at least 4 members (excludes halogenated alkanes) is 1. The van der Waals surface area contributed by atoms with E-state index in [1.54, 1.807) is 17.8 Å². The van der Waals surface area contributed by atoms with Crippen molar-refractivity contribution in [3.8, 4) is 0 Å². The third kappa shape index (κ3) is 3.64. The Kier molecular flexibility index (Phi) is 3.87. The predicted molar refractivity (Wildman–Crippen MR) is 55.8 cm³/mol. The molecular formula is C9H17N2O3S+. The van der Waals surface area contributed by atoms with Gasteiger partial charge in [0, 0.05) is 0 Å². The maximum atomic E-state index is 10.8. The van der Waals surface area contributed by atoms with Gasteiger partial charge in [-0.1, -0.05) is 13.3 Å². The highest BCUT2D eigenvalue weighted by molar-refractivity contribution is 7.84. The van der Waals surface area contributed by atoms with Gasteiger partial charge in [-0.15, -0.1) is 0 Å². The van der Waals surface area contributed by atoms with Crippen molar-refractivity contribution in [2.24, 2.45) is 7.05 Å². The highest BCUT2D eigenvalue weighted by atomic mass is 32.2. The van der Waals surface area contributed by atoms with Crippen molar-refractivity contribution in [3.63, 3.8) is 0 Å². The molecule has 1 N–H and O–H groups in total. The molecule has 15 heavy (non-hydrogen) atoms. The van der Waals surface area contributed by atoms with Gasteiger partial charge in [-0.25, -0.2) is 9.13 Å². The summed E-state index contributed by atoms with van der Waals surface area (Å²) in [5.41, 5.74) is 0. The van der Waals surface area contributed by atoms with Crippen molar-refractivity contribution in [3.05, 3.63) is 18.2 Å². The average Bonchev–Trinajstić information content (AvgIpc) is 2.43. The Labute approximate surface area is 90.1 Å². The minimum absolute atomic E-state index is 0.333. The van der Waals surface area contributed by atoms with Crippen molar-refractivity contribution in [1.82, 2.24) is 4.57 Å². The molecular weight excluding hydrogens is 216 g/mol. The smallest absolute Gasteiger partial charge is 0.276 e. The Bertz CT molecular complexity index is 423. The number of aryl methyl sites for hydroxylation is 2. The van der Waals surface area contributed by atoms with Crippen LogP contribution in [0.25, 0.3) is 0 Å². The Morgan fingerprint density at radius 2 is 2.20 bits per heavy atom. The van der Waals surface area contributed by atoms with Crippen LogP contribution in [0, 0.1) is 0 Å². The van der Waals surface area contributed by atoms with E-state index < -0.39 is 10.1 Å². The third-order valence-electron chi connectivity index (χ3n) is 2.27. The molecule has 1 aromatic rings. The molecule has 0 aliphatic heterocycles. The van der Waals surface area contributed by atoms with Gasteiger partial charge in [0.1, 0.15) is 12.4 Å². The number of nitrogens with zero attached hydrogens (tertiary/aromatic N) is 2. The fraction of sp³-hybridized carbons (Fsp3) is 0.667. The average molecular weight is 233 g/mol. The largest absolute Gasteiger partial charge is 0.285 e. The van der Waals surface area contributed by atoms with Crippen molar-refractivity contribution in [2.45, 2.75) is 32.1 Å². The summed E-state index contributed by atoms with van der Waals surface area (Å²) in [6, 6.07) is 0. The van der Waals surface area contributed by atoms with E-state index in [9.17, 15) is 8.42 Å². The molecule has 0 saturated heterocycles. The highest BCUT2D eigenvalue weighted by Crippen LogP contribution is 2.03. The highest BCUT2D eigenvalue weighted by Gasteiger charge is 2.20. The van der Waals surface area contributed by atoms with Crippen molar-refractivity contribution >= 4 is 10.1 Å². The van der Waals surface area contributed by atoms with Crippen molar-refractivity contribution in [2.75, 3.05) is 0 Å². The SMILES string of the molecule is CCCCn1cc[n+](C)c1CS(=O)(=O)O. The maximum Gasteiger partial charge on any atom is 0.276 e. The molecule has 1 rings (SSSR count). The molecule has 1 heterocycles. The quantitative estimate of drug-likeness (QED) is 0.595. The topological polar surface area (TPSA) is 63.2 Å². The maximum absolute atomic E-state index is 10.8. The summed E-state index contributed by atoms with van der Waals surface area (Å²) in [6.45, 7) is 2.86. The molecule has 5 nitrogen and oxygen atoms in total. The van der Waals surface area contributed by atoms with Crippen LogP contribution in [0.2, 0.25) is 0 Å². The van der Waals surface area contributed by atoms with E-state index in [1.165, 1.54) is 0 Å². The van der Waals surface area contributed by atoms with Gasteiger partial charge in [0.05, 0.1) is 13.6 Å². The lowest BCUT2D eigenvalue weighted by Crippen LogP contribution is -2.33. The minimum Gasteiger partial charge on any atom is -0.285 e. The van der Waals surface area contributed by atoms with Gasteiger partial charge in [0.2, 0.25) is 0 Å². The molecule has 0 radical (unpaired) electrons. The van der Waals surface area contributed by atoms with Crippen LogP contribution in [-0.4, -0.2) is 17.5 Å². The van der Waals surface area contributed by atoms with E-state index in [2.05, 4.69) is 6.92 Å². The molecule has 0 aliphatic rings. The van der Waals surface area contributed by atoms with Gasteiger partial charge in [-0.2, -0.15) is 8.42 Å². The second kappa shape index (κ2) is 4.76. The Balaban J connectivity index is 2.89. The molecule has 0 aromatic carbocycles. The number of hydrogen-bond acceptors (Lipinski definition) is 2. The Hall–Kier alpha value is -0.880. The monoisotopic (exact) mass is 233 g/mol. The number of rotatable bonds is 5. The molecule has 0 unspecified atom stereocenters. The normalized spacial score (nSPS) is 11.9. The van der Waals surface area contributed by atoms with Crippen LogP contribution >= 0.6 is 0 Å². The number of imidazole rings is 1. The van der Waals surface area contributed by atoms with E-state index in [0.717, 1.165) is 19.4 Å². The first-order valence-corrected chi connectivity index (χ1v) is 6.53. The van der Waals surface area contributed by atoms with E-state index >= 15 is 0 Å². The molecule has 0 spiro atoms. The molecule has 0 amide bonds. The van der Waals surface area contributed by atoms with Crippen LogP contribution in [0.3, 0.4) is 0 Å². The van der Waals surface area contributed by atoms with Crippen LogP contribution in [0.1, 0.15) is 25.6 Å². The Morgan fingerprint density at radius 3 is 2.73 bits per heavy atom. The summed E-state index contributed by atoms with van der Waals surface area (Å²) in [5, 5.41) is 0. The minimum atomic E-state index is -3.96. The van der Waals surface area contributed by atoms with Crippen LogP contribution in [0.15, 0.2) is 12.4 Å². The first-order valence-electron chi connectivity index (χ1n) is 4.93. The van der Waals surface area contributed by atoms with Crippen molar-refractivity contribution in [1.29, 1.82) is 0 Å². The zero-order valence-electron chi connectivity index (χ0n) is 9.05. The van der Waals surface area contributed by atoms with Gasteiger partial charge >= 0.3 is 0 Å². The van der Waals surface area contributed by atoms with Gasteiger partial charge in [-0.3, -0.25) is 4.55 Å². The van der Waals surface area contributed by atoms with Crippen LogP contribution in [0.5, 0.6) is 0 Å². The van der Waals surface area contributed by atoms with Gasteiger partial charge in [-0.05, 0) is 6.42 Å².